The van der Waals surface area contributed by atoms with Crippen LogP contribution >= 0.6 is 15.9 Å². The number of benzene rings is 2. The Kier molecular flexibility index (Phi) is 6.29. The number of hydrogen-bond donors (Lipinski definition) is 1. The van der Waals surface area contributed by atoms with Gasteiger partial charge in [0, 0.05) is 22.5 Å². The highest BCUT2D eigenvalue weighted by Crippen LogP contribution is 2.15. The first kappa shape index (κ1) is 20.0. The maximum absolute atomic E-state index is 12.4. The summed E-state index contributed by atoms with van der Waals surface area (Å²) in [7, 11) is 0. The Morgan fingerprint density at radius 1 is 1.07 bits per heavy atom. The van der Waals surface area contributed by atoms with Crippen LogP contribution in [0.4, 0.5) is 5.82 Å². The number of aryl methyl sites for hydroxylation is 1. The Morgan fingerprint density at radius 3 is 2.77 bits per heavy atom. The fourth-order valence-electron chi connectivity index (χ4n) is 3.00. The first-order valence-corrected chi connectivity index (χ1v) is 10.4. The van der Waals surface area contributed by atoms with E-state index in [2.05, 4.69) is 41.8 Å². The van der Waals surface area contributed by atoms with Crippen LogP contribution in [0.3, 0.4) is 0 Å². The Balaban J connectivity index is 1.28. The van der Waals surface area contributed by atoms with Gasteiger partial charge in [-0.25, -0.2) is 4.68 Å². The number of tetrazole rings is 1. The molecule has 4 aromatic rings. The summed E-state index contributed by atoms with van der Waals surface area (Å²) in [6, 6.07) is 19.5. The molecule has 1 amide bonds. The molecule has 0 aliphatic carbocycles. The fraction of sp³-hybridized carbons (Fsp3) is 0.190. The van der Waals surface area contributed by atoms with Crippen LogP contribution in [0.2, 0.25) is 0 Å². The van der Waals surface area contributed by atoms with Crippen LogP contribution in [0.15, 0.2) is 71.3 Å². The van der Waals surface area contributed by atoms with Crippen molar-refractivity contribution in [3.05, 3.63) is 76.9 Å². The number of hydrogen-bond acceptors (Lipinski definition) is 5. The third-order valence-corrected chi connectivity index (χ3v) is 4.95. The summed E-state index contributed by atoms with van der Waals surface area (Å²) in [4.78, 5) is 13.9. The number of halogens is 1. The molecule has 30 heavy (non-hydrogen) atoms. The van der Waals surface area contributed by atoms with Crippen molar-refractivity contribution in [2.45, 2.75) is 25.9 Å². The van der Waals surface area contributed by atoms with Gasteiger partial charge in [-0.15, -0.1) is 10.2 Å². The molecule has 0 saturated heterocycles. The van der Waals surface area contributed by atoms with E-state index >= 15 is 0 Å². The lowest BCUT2D eigenvalue weighted by Crippen LogP contribution is -2.16. The molecule has 0 spiro atoms. The third-order valence-electron chi connectivity index (χ3n) is 4.45. The summed E-state index contributed by atoms with van der Waals surface area (Å²) in [5.74, 6) is 1.18. The quantitative estimate of drug-likeness (QED) is 0.427. The molecule has 0 aliphatic heterocycles. The molecule has 0 saturated carbocycles. The summed E-state index contributed by atoms with van der Waals surface area (Å²) in [5, 5.41) is 19.7. The molecular formula is C21H20BrN7O. The van der Waals surface area contributed by atoms with Crippen LogP contribution in [0.5, 0.6) is 0 Å². The zero-order chi connectivity index (χ0) is 20.8. The molecule has 2 aromatic carbocycles. The molecule has 1 N–H and O–H groups in total. The second kappa shape index (κ2) is 9.45. The molecule has 9 heteroatoms. The van der Waals surface area contributed by atoms with Gasteiger partial charge in [0.25, 0.3) is 0 Å². The molecule has 0 atom stereocenters. The van der Waals surface area contributed by atoms with Gasteiger partial charge in [0.1, 0.15) is 5.82 Å². The zero-order valence-corrected chi connectivity index (χ0v) is 17.7. The van der Waals surface area contributed by atoms with Crippen LogP contribution in [0.1, 0.15) is 18.4 Å². The average Bonchev–Trinajstić information content (AvgIpc) is 3.39. The van der Waals surface area contributed by atoms with Gasteiger partial charge in [0.05, 0.1) is 19.3 Å². The maximum Gasteiger partial charge on any atom is 0.225 e. The molecule has 8 nitrogen and oxygen atoms in total. The summed E-state index contributed by atoms with van der Waals surface area (Å²) in [6.45, 7) is 1.09. The van der Waals surface area contributed by atoms with Crippen molar-refractivity contribution in [2.75, 3.05) is 5.32 Å². The lowest BCUT2D eigenvalue weighted by Gasteiger charge is -2.09. The molecule has 0 fully saturated rings. The highest BCUT2D eigenvalue weighted by molar-refractivity contribution is 9.10. The monoisotopic (exact) mass is 465 g/mol. The minimum Gasteiger partial charge on any atom is -0.311 e. The summed E-state index contributed by atoms with van der Waals surface area (Å²) >= 11 is 3.47. The standard InChI is InChI=1S/C21H20BrN7O/c22-18-9-4-6-16(14-18)15-28-19(11-12-23-28)24-20(30)10-5-13-29-26-21(25-27-29)17-7-2-1-3-8-17/h1-4,6-9,11-12,14H,5,10,13,15H2,(H,24,30). The van der Waals surface area contributed by atoms with Crippen molar-refractivity contribution in [2.24, 2.45) is 0 Å². The first-order chi connectivity index (χ1) is 14.7. The molecule has 2 aromatic heterocycles. The number of nitrogens with zero attached hydrogens (tertiary/aromatic N) is 6. The smallest absolute Gasteiger partial charge is 0.225 e. The Bertz CT molecular complexity index is 1120. The van der Waals surface area contributed by atoms with E-state index in [-0.39, 0.29) is 5.91 Å². The lowest BCUT2D eigenvalue weighted by molar-refractivity contribution is -0.116. The zero-order valence-electron chi connectivity index (χ0n) is 16.1. The number of aromatic nitrogens is 6. The SMILES string of the molecule is O=C(CCCn1nnc(-c2ccccc2)n1)Nc1ccnn1Cc1cccc(Br)c1. The van der Waals surface area contributed by atoms with Crippen LogP contribution in [0, 0.1) is 0 Å². The van der Waals surface area contributed by atoms with Crippen molar-refractivity contribution in [3.8, 4) is 11.4 Å². The van der Waals surface area contributed by atoms with Gasteiger partial charge in [-0.2, -0.15) is 9.90 Å². The van der Waals surface area contributed by atoms with Gasteiger partial charge in [-0.1, -0.05) is 58.4 Å². The van der Waals surface area contributed by atoms with Crippen molar-refractivity contribution in [1.29, 1.82) is 0 Å². The molecule has 152 valence electrons. The number of carbonyl (C=O) groups excluding carboxylic acids is 1. The van der Waals surface area contributed by atoms with E-state index in [1.165, 1.54) is 4.80 Å². The van der Waals surface area contributed by atoms with E-state index in [4.69, 9.17) is 0 Å². The summed E-state index contributed by atoms with van der Waals surface area (Å²) < 4.78 is 2.78. The van der Waals surface area contributed by atoms with Crippen molar-refractivity contribution < 1.29 is 4.79 Å². The summed E-state index contributed by atoms with van der Waals surface area (Å²) in [5.41, 5.74) is 2.01. The van der Waals surface area contributed by atoms with Gasteiger partial charge >= 0.3 is 0 Å². The number of rotatable bonds is 8. The molecule has 2 heterocycles. The molecule has 0 bridgehead atoms. The minimum absolute atomic E-state index is 0.0746. The van der Waals surface area contributed by atoms with E-state index < -0.39 is 0 Å². The van der Waals surface area contributed by atoms with Crippen LogP contribution < -0.4 is 5.32 Å². The van der Waals surface area contributed by atoms with Crippen LogP contribution in [0.25, 0.3) is 11.4 Å². The van der Waals surface area contributed by atoms with Crippen LogP contribution in [-0.2, 0) is 17.9 Å². The van der Waals surface area contributed by atoms with Gasteiger partial charge in [-0.05, 0) is 29.3 Å². The van der Waals surface area contributed by atoms with Crippen LogP contribution in [-0.4, -0.2) is 35.9 Å². The Hall–Kier alpha value is -3.33. The average molecular weight is 466 g/mol. The van der Waals surface area contributed by atoms with E-state index in [1.807, 2.05) is 54.6 Å². The van der Waals surface area contributed by atoms with E-state index in [9.17, 15) is 4.79 Å². The molecular weight excluding hydrogens is 446 g/mol. The Morgan fingerprint density at radius 2 is 1.93 bits per heavy atom. The second-order valence-electron chi connectivity index (χ2n) is 6.73. The van der Waals surface area contributed by atoms with E-state index in [0.29, 0.717) is 37.6 Å². The number of carbonyl (C=O) groups is 1. The maximum atomic E-state index is 12.4. The van der Waals surface area contributed by atoms with Crippen molar-refractivity contribution >= 4 is 27.7 Å². The minimum atomic E-state index is -0.0746. The molecule has 0 aliphatic rings. The predicted octanol–water partition coefficient (Wildman–Crippen LogP) is 3.77. The van der Waals surface area contributed by atoms with Crippen molar-refractivity contribution in [3.63, 3.8) is 0 Å². The van der Waals surface area contributed by atoms with Gasteiger partial charge in [0.15, 0.2) is 0 Å². The lowest BCUT2D eigenvalue weighted by atomic mass is 10.2. The highest BCUT2D eigenvalue weighted by atomic mass is 79.9. The third kappa shape index (κ3) is 5.18. The Labute approximate surface area is 182 Å². The van der Waals surface area contributed by atoms with E-state index in [0.717, 1.165) is 15.6 Å². The molecule has 4 rings (SSSR count). The van der Waals surface area contributed by atoms with E-state index in [1.54, 1.807) is 16.9 Å². The number of anilines is 1. The fourth-order valence-corrected chi connectivity index (χ4v) is 3.45. The summed E-state index contributed by atoms with van der Waals surface area (Å²) in [6.07, 6.45) is 2.64. The number of nitrogens with one attached hydrogen (secondary N) is 1. The van der Waals surface area contributed by atoms with Gasteiger partial charge in [-0.3, -0.25) is 4.79 Å². The van der Waals surface area contributed by atoms with Gasteiger partial charge in [0.2, 0.25) is 11.7 Å². The van der Waals surface area contributed by atoms with Crippen molar-refractivity contribution in [1.82, 2.24) is 30.0 Å². The largest absolute Gasteiger partial charge is 0.311 e. The van der Waals surface area contributed by atoms with Gasteiger partial charge < -0.3 is 5.32 Å². The highest BCUT2D eigenvalue weighted by Gasteiger charge is 2.10. The normalized spacial score (nSPS) is 10.8. The molecule has 0 unspecified atom stereocenters. The topological polar surface area (TPSA) is 90.5 Å². The first-order valence-electron chi connectivity index (χ1n) is 9.57. The second-order valence-corrected chi connectivity index (χ2v) is 7.65. The molecule has 0 radical (unpaired) electrons. The number of amides is 1. The predicted molar refractivity (Wildman–Crippen MR) is 117 cm³/mol.